The molecule has 1 fully saturated rings. The Kier molecular flexibility index (Phi) is 3.14. The highest BCUT2D eigenvalue weighted by molar-refractivity contribution is 5.77. The van der Waals surface area contributed by atoms with Crippen molar-refractivity contribution in [3.05, 3.63) is 24.0 Å². The van der Waals surface area contributed by atoms with Gasteiger partial charge in [0.15, 0.2) is 0 Å². The van der Waals surface area contributed by atoms with E-state index in [0.717, 1.165) is 23.4 Å². The summed E-state index contributed by atoms with van der Waals surface area (Å²) in [4.78, 5) is 9.88. The molecule has 1 aliphatic carbocycles. The van der Waals surface area contributed by atoms with Gasteiger partial charge in [0.25, 0.3) is 0 Å². The van der Waals surface area contributed by atoms with E-state index in [2.05, 4.69) is 14.9 Å². The first-order valence-electron chi connectivity index (χ1n) is 6.77. The van der Waals surface area contributed by atoms with Crippen LogP contribution in [-0.2, 0) is 0 Å². The molecule has 1 aromatic carbocycles. The Balaban J connectivity index is 1.90. The van der Waals surface area contributed by atoms with Crippen LogP contribution in [0.25, 0.3) is 11.0 Å². The molecule has 3 rings (SSSR count). The smallest absolute Gasteiger partial charge is 0.203 e. The van der Waals surface area contributed by atoms with Crippen molar-refractivity contribution in [1.82, 2.24) is 9.97 Å². The average molecular weight is 262 g/mol. The Morgan fingerprint density at radius 2 is 2.32 bits per heavy atom. The number of halogens is 1. The molecule has 0 bridgehead atoms. The molecule has 19 heavy (non-hydrogen) atoms. The Morgan fingerprint density at radius 1 is 1.47 bits per heavy atom. The second-order valence-electron chi connectivity index (χ2n) is 5.33. The molecule has 5 heteroatoms. The molecule has 2 atom stereocenters. The average Bonchev–Trinajstić information content (AvgIpc) is 3.03. The molecule has 0 aliphatic heterocycles. The summed E-state index contributed by atoms with van der Waals surface area (Å²) in [6.45, 7) is 0.712. The van der Waals surface area contributed by atoms with Crippen LogP contribution in [0.3, 0.4) is 0 Å². The monoisotopic (exact) mass is 262 g/mol. The molecule has 2 aromatic rings. The minimum Gasteiger partial charge on any atom is -0.342 e. The fourth-order valence-corrected chi connectivity index (χ4v) is 3.09. The van der Waals surface area contributed by atoms with Gasteiger partial charge >= 0.3 is 0 Å². The Hall–Kier alpha value is -1.62. The normalized spacial score (nSPS) is 23.1. The largest absolute Gasteiger partial charge is 0.342 e. The summed E-state index contributed by atoms with van der Waals surface area (Å²) < 4.78 is 13.2. The van der Waals surface area contributed by atoms with Crippen molar-refractivity contribution in [1.29, 1.82) is 0 Å². The highest BCUT2D eigenvalue weighted by Crippen LogP contribution is 2.31. The van der Waals surface area contributed by atoms with Crippen molar-refractivity contribution in [2.24, 2.45) is 11.7 Å². The molecule has 2 unspecified atom stereocenters. The van der Waals surface area contributed by atoms with Gasteiger partial charge in [-0.15, -0.1) is 0 Å². The van der Waals surface area contributed by atoms with E-state index in [1.54, 1.807) is 6.07 Å². The number of aromatic amines is 1. The summed E-state index contributed by atoms with van der Waals surface area (Å²) in [6.07, 6.45) is 3.54. The Labute approximate surface area is 111 Å². The van der Waals surface area contributed by atoms with Gasteiger partial charge in [-0.25, -0.2) is 9.37 Å². The standard InChI is InChI=1S/C14H19FN4/c1-19(13-4-2-3-9(13)8-16)14-17-11-6-5-10(15)7-12(11)18-14/h5-7,9,13H,2-4,8,16H2,1H3,(H,17,18). The van der Waals surface area contributed by atoms with Crippen LogP contribution in [-0.4, -0.2) is 29.6 Å². The van der Waals surface area contributed by atoms with Gasteiger partial charge in [-0.2, -0.15) is 0 Å². The zero-order valence-corrected chi connectivity index (χ0v) is 11.1. The van der Waals surface area contributed by atoms with Crippen LogP contribution in [0, 0.1) is 11.7 Å². The topological polar surface area (TPSA) is 57.9 Å². The minimum absolute atomic E-state index is 0.244. The number of nitrogens with zero attached hydrogens (tertiary/aromatic N) is 2. The van der Waals surface area contributed by atoms with Gasteiger partial charge in [0.1, 0.15) is 5.82 Å². The number of nitrogens with two attached hydrogens (primary N) is 1. The number of benzene rings is 1. The van der Waals surface area contributed by atoms with Gasteiger partial charge in [0.2, 0.25) is 5.95 Å². The van der Waals surface area contributed by atoms with Crippen LogP contribution in [0.4, 0.5) is 10.3 Å². The van der Waals surface area contributed by atoms with Crippen LogP contribution in [0.15, 0.2) is 18.2 Å². The number of aromatic nitrogens is 2. The van der Waals surface area contributed by atoms with E-state index < -0.39 is 0 Å². The number of rotatable bonds is 3. The van der Waals surface area contributed by atoms with E-state index >= 15 is 0 Å². The summed E-state index contributed by atoms with van der Waals surface area (Å²) in [5.74, 6) is 1.08. The van der Waals surface area contributed by atoms with Crippen molar-refractivity contribution in [2.75, 3.05) is 18.5 Å². The summed E-state index contributed by atoms with van der Waals surface area (Å²) in [5.41, 5.74) is 7.36. The second-order valence-corrected chi connectivity index (χ2v) is 5.33. The molecule has 1 saturated carbocycles. The maximum atomic E-state index is 13.2. The lowest BCUT2D eigenvalue weighted by atomic mass is 10.0. The molecule has 3 N–H and O–H groups in total. The highest BCUT2D eigenvalue weighted by Gasteiger charge is 2.30. The van der Waals surface area contributed by atoms with Crippen molar-refractivity contribution in [2.45, 2.75) is 25.3 Å². The lowest BCUT2D eigenvalue weighted by molar-refractivity contribution is 0.470. The number of fused-ring (bicyclic) bond motifs is 1. The summed E-state index contributed by atoms with van der Waals surface area (Å²) >= 11 is 0. The van der Waals surface area contributed by atoms with E-state index in [4.69, 9.17) is 5.73 Å². The fraction of sp³-hybridized carbons (Fsp3) is 0.500. The molecule has 1 aliphatic rings. The lowest BCUT2D eigenvalue weighted by Crippen LogP contribution is -2.38. The molecule has 1 heterocycles. The maximum Gasteiger partial charge on any atom is 0.203 e. The quantitative estimate of drug-likeness (QED) is 0.892. The molecule has 0 spiro atoms. The van der Waals surface area contributed by atoms with Crippen LogP contribution >= 0.6 is 0 Å². The first-order chi connectivity index (χ1) is 9.19. The third-order valence-corrected chi connectivity index (χ3v) is 4.18. The van der Waals surface area contributed by atoms with E-state index in [0.29, 0.717) is 18.5 Å². The van der Waals surface area contributed by atoms with Gasteiger partial charge in [0, 0.05) is 13.1 Å². The first kappa shape index (κ1) is 12.4. The molecule has 4 nitrogen and oxygen atoms in total. The molecule has 0 amide bonds. The third-order valence-electron chi connectivity index (χ3n) is 4.18. The van der Waals surface area contributed by atoms with Crippen LogP contribution in [0.5, 0.6) is 0 Å². The molecule has 1 aromatic heterocycles. The molecule has 102 valence electrons. The Morgan fingerprint density at radius 3 is 3.11 bits per heavy atom. The number of anilines is 1. The second kappa shape index (κ2) is 4.81. The maximum absolute atomic E-state index is 13.2. The number of imidazole rings is 1. The van der Waals surface area contributed by atoms with Crippen molar-refractivity contribution in [3.63, 3.8) is 0 Å². The summed E-state index contributed by atoms with van der Waals surface area (Å²) in [5, 5.41) is 0. The predicted molar refractivity (Wildman–Crippen MR) is 74.6 cm³/mol. The lowest BCUT2D eigenvalue weighted by Gasteiger charge is -2.28. The van der Waals surface area contributed by atoms with Crippen molar-refractivity contribution >= 4 is 17.0 Å². The van der Waals surface area contributed by atoms with Crippen LogP contribution < -0.4 is 10.6 Å². The molecule has 0 saturated heterocycles. The van der Waals surface area contributed by atoms with Gasteiger partial charge in [0.05, 0.1) is 11.0 Å². The molecular formula is C14H19FN4. The first-order valence-corrected chi connectivity index (χ1v) is 6.77. The summed E-state index contributed by atoms with van der Waals surface area (Å²) in [6, 6.07) is 5.04. The number of H-pyrrole nitrogens is 1. The SMILES string of the molecule is CN(c1nc2ccc(F)cc2[nH]1)C1CCCC1CN. The zero-order valence-electron chi connectivity index (χ0n) is 11.1. The third kappa shape index (κ3) is 2.18. The van der Waals surface area contributed by atoms with Crippen LogP contribution in [0.1, 0.15) is 19.3 Å². The van der Waals surface area contributed by atoms with Crippen molar-refractivity contribution in [3.8, 4) is 0 Å². The number of nitrogens with one attached hydrogen (secondary N) is 1. The minimum atomic E-state index is -0.244. The van der Waals surface area contributed by atoms with Gasteiger partial charge in [-0.05, 0) is 43.5 Å². The van der Waals surface area contributed by atoms with E-state index in [1.807, 2.05) is 7.05 Å². The van der Waals surface area contributed by atoms with Crippen LogP contribution in [0.2, 0.25) is 0 Å². The zero-order chi connectivity index (χ0) is 13.4. The molecular weight excluding hydrogens is 243 g/mol. The van der Waals surface area contributed by atoms with Gasteiger partial charge in [-0.3, -0.25) is 0 Å². The number of hydrogen-bond acceptors (Lipinski definition) is 3. The molecule has 0 radical (unpaired) electrons. The fourth-order valence-electron chi connectivity index (χ4n) is 3.09. The highest BCUT2D eigenvalue weighted by atomic mass is 19.1. The Bertz CT molecular complexity index is 580. The predicted octanol–water partition coefficient (Wildman–Crippen LogP) is 2.27. The van der Waals surface area contributed by atoms with Gasteiger partial charge < -0.3 is 15.6 Å². The summed E-state index contributed by atoms with van der Waals surface area (Å²) in [7, 11) is 2.03. The van der Waals surface area contributed by atoms with E-state index in [1.165, 1.54) is 25.0 Å². The van der Waals surface area contributed by atoms with Crippen molar-refractivity contribution < 1.29 is 4.39 Å². The van der Waals surface area contributed by atoms with Gasteiger partial charge in [-0.1, -0.05) is 6.42 Å². The van der Waals surface area contributed by atoms with E-state index in [-0.39, 0.29) is 5.82 Å². The number of hydrogen-bond donors (Lipinski definition) is 2. The van der Waals surface area contributed by atoms with E-state index in [9.17, 15) is 4.39 Å².